The number of hydrogen-bond donors (Lipinski definition) is 3. The van der Waals surface area contributed by atoms with E-state index in [1.165, 1.54) is 0 Å². The lowest BCUT2D eigenvalue weighted by Crippen LogP contribution is -2.42. The molecule has 0 heterocycles. The topological polar surface area (TPSA) is 92.4 Å². The zero-order valence-electron chi connectivity index (χ0n) is 9.32. The van der Waals surface area contributed by atoms with Gasteiger partial charge in [-0.25, -0.2) is 0 Å². The molecule has 5 nitrogen and oxygen atoms in total. The summed E-state index contributed by atoms with van der Waals surface area (Å²) in [6, 6.07) is -0.528. The maximum atomic E-state index is 11.0. The van der Waals surface area contributed by atoms with Gasteiger partial charge < -0.3 is 16.2 Å². The van der Waals surface area contributed by atoms with Crippen molar-refractivity contribution in [3.63, 3.8) is 0 Å². The van der Waals surface area contributed by atoms with Crippen molar-refractivity contribution in [2.75, 3.05) is 6.54 Å². The molecule has 1 atom stereocenters. The molecular formula is C10H20N2O3. The van der Waals surface area contributed by atoms with E-state index >= 15 is 0 Å². The van der Waals surface area contributed by atoms with Gasteiger partial charge in [0.05, 0.1) is 6.04 Å². The highest BCUT2D eigenvalue weighted by molar-refractivity contribution is 5.80. The molecule has 0 aliphatic rings. The lowest BCUT2D eigenvalue weighted by Gasteiger charge is -2.15. The zero-order chi connectivity index (χ0) is 11.8. The van der Waals surface area contributed by atoms with Crippen LogP contribution < -0.4 is 11.1 Å². The predicted octanol–water partition coefficient (Wildman–Crippen LogP) is 0.341. The molecule has 0 radical (unpaired) electrons. The van der Waals surface area contributed by atoms with E-state index in [1.807, 2.05) is 0 Å². The Balaban J connectivity index is 3.84. The minimum atomic E-state index is -0.910. The first kappa shape index (κ1) is 13.9. The molecule has 0 aromatic rings. The Hall–Kier alpha value is -1.10. The smallest absolute Gasteiger partial charge is 0.303 e. The second kappa shape index (κ2) is 7.23. The van der Waals surface area contributed by atoms with Gasteiger partial charge in [0.1, 0.15) is 0 Å². The van der Waals surface area contributed by atoms with Crippen LogP contribution in [0, 0.1) is 5.92 Å². The number of carboxylic acids is 1. The summed E-state index contributed by atoms with van der Waals surface area (Å²) in [6.45, 7) is 4.85. The fourth-order valence-corrected chi connectivity index (χ4v) is 1.16. The van der Waals surface area contributed by atoms with Crippen molar-refractivity contribution < 1.29 is 14.7 Å². The van der Waals surface area contributed by atoms with E-state index in [-0.39, 0.29) is 12.8 Å². The van der Waals surface area contributed by atoms with Gasteiger partial charge in [-0.1, -0.05) is 13.8 Å². The Bertz CT molecular complexity index is 217. The third-order valence-corrected chi connectivity index (χ3v) is 2.10. The van der Waals surface area contributed by atoms with Crippen LogP contribution in [0.3, 0.4) is 0 Å². The van der Waals surface area contributed by atoms with Crippen molar-refractivity contribution in [1.29, 1.82) is 0 Å². The van der Waals surface area contributed by atoms with Crippen LogP contribution in [-0.2, 0) is 9.59 Å². The van der Waals surface area contributed by atoms with Gasteiger partial charge in [0.15, 0.2) is 0 Å². The first-order valence-electron chi connectivity index (χ1n) is 5.18. The molecule has 0 rings (SSSR count). The summed E-state index contributed by atoms with van der Waals surface area (Å²) in [5, 5.41) is 11.4. The molecule has 5 heteroatoms. The molecule has 0 aromatic heterocycles. The van der Waals surface area contributed by atoms with Crippen LogP contribution in [0.25, 0.3) is 0 Å². The van der Waals surface area contributed by atoms with Gasteiger partial charge in [-0.15, -0.1) is 0 Å². The highest BCUT2D eigenvalue weighted by atomic mass is 16.4. The Morgan fingerprint density at radius 1 is 1.33 bits per heavy atom. The lowest BCUT2D eigenvalue weighted by atomic mass is 10.1. The second-order valence-electron chi connectivity index (χ2n) is 4.02. The van der Waals surface area contributed by atoms with E-state index in [4.69, 9.17) is 10.8 Å². The van der Waals surface area contributed by atoms with Gasteiger partial charge in [0.2, 0.25) is 5.91 Å². The maximum Gasteiger partial charge on any atom is 0.303 e. The van der Waals surface area contributed by atoms with Crippen LogP contribution in [0.15, 0.2) is 0 Å². The monoisotopic (exact) mass is 216 g/mol. The number of amides is 1. The van der Waals surface area contributed by atoms with Gasteiger partial charge >= 0.3 is 5.97 Å². The Labute approximate surface area is 90.0 Å². The summed E-state index contributed by atoms with van der Waals surface area (Å²) >= 11 is 0. The van der Waals surface area contributed by atoms with E-state index in [0.717, 1.165) is 6.42 Å². The molecule has 88 valence electrons. The number of nitrogens with two attached hydrogens (primary N) is 1. The van der Waals surface area contributed by atoms with E-state index in [0.29, 0.717) is 12.5 Å². The van der Waals surface area contributed by atoms with Crippen LogP contribution >= 0.6 is 0 Å². The Morgan fingerprint density at radius 2 is 1.93 bits per heavy atom. The largest absolute Gasteiger partial charge is 0.481 e. The standard InChI is InChI=1S/C10H20N2O3/c1-7(2)5-6-12-8(10(11)15)3-4-9(13)14/h7-8,12H,3-6H2,1-2H3,(H2,11,15)(H,13,14)/t8-/m0/s1. The number of carbonyl (C=O) groups excluding carboxylic acids is 1. The fraction of sp³-hybridized carbons (Fsp3) is 0.800. The van der Waals surface area contributed by atoms with Crippen molar-refractivity contribution in [2.24, 2.45) is 11.7 Å². The highest BCUT2D eigenvalue weighted by Gasteiger charge is 2.15. The van der Waals surface area contributed by atoms with Gasteiger partial charge in [-0.3, -0.25) is 9.59 Å². The Kier molecular flexibility index (Phi) is 6.70. The van der Waals surface area contributed by atoms with Crippen molar-refractivity contribution in [3.05, 3.63) is 0 Å². The molecule has 0 unspecified atom stereocenters. The summed E-state index contributed by atoms with van der Waals surface area (Å²) in [6.07, 6.45) is 1.15. The third kappa shape index (κ3) is 7.93. The molecular weight excluding hydrogens is 196 g/mol. The molecule has 15 heavy (non-hydrogen) atoms. The molecule has 0 saturated carbocycles. The lowest BCUT2D eigenvalue weighted by molar-refractivity contribution is -0.137. The summed E-state index contributed by atoms with van der Waals surface area (Å²) in [4.78, 5) is 21.3. The third-order valence-electron chi connectivity index (χ3n) is 2.10. The first-order chi connectivity index (χ1) is 6.93. The summed E-state index contributed by atoms with van der Waals surface area (Å²) in [5.41, 5.74) is 5.15. The molecule has 0 aliphatic heterocycles. The van der Waals surface area contributed by atoms with Crippen LogP contribution in [0.4, 0.5) is 0 Å². The average Bonchev–Trinajstić information content (AvgIpc) is 2.09. The normalized spacial score (nSPS) is 12.7. The number of aliphatic carboxylic acids is 1. The van der Waals surface area contributed by atoms with Gasteiger partial charge in [-0.2, -0.15) is 0 Å². The molecule has 0 bridgehead atoms. The molecule has 1 amide bonds. The van der Waals surface area contributed by atoms with Crippen molar-refractivity contribution in [3.8, 4) is 0 Å². The number of rotatable bonds is 8. The fourth-order valence-electron chi connectivity index (χ4n) is 1.16. The highest BCUT2D eigenvalue weighted by Crippen LogP contribution is 2.00. The quantitative estimate of drug-likeness (QED) is 0.545. The Morgan fingerprint density at radius 3 is 2.33 bits per heavy atom. The van der Waals surface area contributed by atoms with Crippen molar-refractivity contribution >= 4 is 11.9 Å². The van der Waals surface area contributed by atoms with Crippen LogP contribution in [0.1, 0.15) is 33.1 Å². The number of primary amides is 1. The first-order valence-corrected chi connectivity index (χ1v) is 5.18. The molecule has 0 saturated heterocycles. The average molecular weight is 216 g/mol. The molecule has 0 fully saturated rings. The predicted molar refractivity (Wildman–Crippen MR) is 57.3 cm³/mol. The molecule has 4 N–H and O–H groups in total. The number of carbonyl (C=O) groups is 2. The van der Waals surface area contributed by atoms with E-state index < -0.39 is 17.9 Å². The number of nitrogens with one attached hydrogen (secondary N) is 1. The van der Waals surface area contributed by atoms with Crippen LogP contribution in [0.2, 0.25) is 0 Å². The number of carboxylic acid groups (broad SMARTS) is 1. The summed E-state index contributed by atoms with van der Waals surface area (Å²) in [7, 11) is 0. The van der Waals surface area contributed by atoms with Crippen LogP contribution in [-0.4, -0.2) is 29.6 Å². The van der Waals surface area contributed by atoms with E-state index in [9.17, 15) is 9.59 Å². The second-order valence-corrected chi connectivity index (χ2v) is 4.02. The molecule has 0 aliphatic carbocycles. The van der Waals surface area contributed by atoms with E-state index in [1.54, 1.807) is 0 Å². The van der Waals surface area contributed by atoms with Gasteiger partial charge in [0.25, 0.3) is 0 Å². The SMILES string of the molecule is CC(C)CCN[C@@H](CCC(=O)O)C(N)=O. The summed E-state index contributed by atoms with van der Waals surface area (Å²) in [5.74, 6) is -0.850. The van der Waals surface area contributed by atoms with Gasteiger partial charge in [-0.05, 0) is 25.3 Å². The van der Waals surface area contributed by atoms with E-state index in [2.05, 4.69) is 19.2 Å². The van der Waals surface area contributed by atoms with Crippen molar-refractivity contribution in [1.82, 2.24) is 5.32 Å². The maximum absolute atomic E-state index is 11.0. The minimum Gasteiger partial charge on any atom is -0.481 e. The molecule has 0 aromatic carbocycles. The minimum absolute atomic E-state index is 0.0394. The summed E-state index contributed by atoms with van der Waals surface area (Å²) < 4.78 is 0. The zero-order valence-corrected chi connectivity index (χ0v) is 9.32. The van der Waals surface area contributed by atoms with Crippen LogP contribution in [0.5, 0.6) is 0 Å². The van der Waals surface area contributed by atoms with Gasteiger partial charge in [0, 0.05) is 6.42 Å². The number of hydrogen-bond acceptors (Lipinski definition) is 3. The molecule has 0 spiro atoms. The van der Waals surface area contributed by atoms with Crippen molar-refractivity contribution in [2.45, 2.75) is 39.2 Å².